The minimum atomic E-state index is -0.563. The van der Waals surface area contributed by atoms with Crippen LogP contribution in [0.2, 0.25) is 0 Å². The average molecular weight is 292 g/mol. The molecular weight excluding hydrogens is 268 g/mol. The summed E-state index contributed by atoms with van der Waals surface area (Å²) in [5.41, 5.74) is 2.29. The van der Waals surface area contributed by atoms with Gasteiger partial charge in [-0.15, -0.1) is 0 Å². The van der Waals surface area contributed by atoms with E-state index < -0.39 is 6.04 Å². The summed E-state index contributed by atoms with van der Waals surface area (Å²) in [6.45, 7) is 8.14. The number of carbonyl (C=O) groups is 2. The molecule has 0 aromatic heterocycles. The van der Waals surface area contributed by atoms with E-state index in [4.69, 9.17) is 4.74 Å². The first-order chi connectivity index (χ1) is 9.93. The highest BCUT2D eigenvalue weighted by Gasteiger charge is 2.15. The largest absolute Gasteiger partial charge is 0.484 e. The van der Waals surface area contributed by atoms with Gasteiger partial charge in [0.1, 0.15) is 11.8 Å². The summed E-state index contributed by atoms with van der Waals surface area (Å²) >= 11 is 0. The molecule has 1 aromatic carbocycles. The van der Waals surface area contributed by atoms with E-state index in [0.29, 0.717) is 12.3 Å². The van der Waals surface area contributed by atoms with Crippen LogP contribution in [0, 0.1) is 13.8 Å². The third kappa shape index (κ3) is 5.85. The van der Waals surface area contributed by atoms with Gasteiger partial charge < -0.3 is 15.4 Å². The number of amides is 2. The topological polar surface area (TPSA) is 67.4 Å². The number of aryl methyl sites for hydroxylation is 2. The summed E-state index contributed by atoms with van der Waals surface area (Å²) in [6, 6.07) is 5.10. The zero-order chi connectivity index (χ0) is 15.8. The second kappa shape index (κ2) is 8.29. The number of hydrogen-bond acceptors (Lipinski definition) is 3. The van der Waals surface area contributed by atoms with Gasteiger partial charge >= 0.3 is 0 Å². The van der Waals surface area contributed by atoms with E-state index in [1.54, 1.807) is 6.92 Å². The summed E-state index contributed by atoms with van der Waals surface area (Å²) < 4.78 is 5.42. The minimum Gasteiger partial charge on any atom is -0.484 e. The fourth-order valence-corrected chi connectivity index (χ4v) is 1.70. The van der Waals surface area contributed by atoms with Gasteiger partial charge in [0, 0.05) is 6.54 Å². The molecule has 2 amide bonds. The molecule has 0 spiro atoms. The Morgan fingerprint density at radius 1 is 1.24 bits per heavy atom. The van der Waals surface area contributed by atoms with Crippen molar-refractivity contribution in [2.75, 3.05) is 13.2 Å². The van der Waals surface area contributed by atoms with E-state index in [0.717, 1.165) is 12.0 Å². The van der Waals surface area contributed by atoms with Gasteiger partial charge in [0.25, 0.3) is 5.91 Å². The molecule has 0 saturated carbocycles. The summed E-state index contributed by atoms with van der Waals surface area (Å²) in [7, 11) is 0. The number of hydrogen-bond donors (Lipinski definition) is 2. The van der Waals surface area contributed by atoms with Gasteiger partial charge in [0.05, 0.1) is 0 Å². The molecule has 0 unspecified atom stereocenters. The maximum atomic E-state index is 11.7. The zero-order valence-electron chi connectivity index (χ0n) is 13.2. The quantitative estimate of drug-likeness (QED) is 0.804. The van der Waals surface area contributed by atoms with Crippen molar-refractivity contribution in [1.29, 1.82) is 0 Å². The van der Waals surface area contributed by atoms with Gasteiger partial charge in [-0.2, -0.15) is 0 Å². The standard InChI is InChI=1S/C16H24N2O3/c1-5-8-17-16(20)13(4)18-15(19)10-21-14-7-6-11(2)12(3)9-14/h6-7,9,13H,5,8,10H2,1-4H3,(H,17,20)(H,18,19)/t13-/m0/s1. The van der Waals surface area contributed by atoms with Crippen LogP contribution in [0.15, 0.2) is 18.2 Å². The lowest BCUT2D eigenvalue weighted by Crippen LogP contribution is -2.46. The average Bonchev–Trinajstić information content (AvgIpc) is 2.45. The van der Waals surface area contributed by atoms with Crippen LogP contribution in [0.1, 0.15) is 31.4 Å². The van der Waals surface area contributed by atoms with Crippen molar-refractivity contribution < 1.29 is 14.3 Å². The highest BCUT2D eigenvalue weighted by Crippen LogP contribution is 2.16. The molecule has 1 rings (SSSR count). The molecule has 21 heavy (non-hydrogen) atoms. The van der Waals surface area contributed by atoms with Crippen molar-refractivity contribution in [3.05, 3.63) is 29.3 Å². The fourth-order valence-electron chi connectivity index (χ4n) is 1.70. The molecule has 0 fully saturated rings. The number of nitrogens with one attached hydrogen (secondary N) is 2. The van der Waals surface area contributed by atoms with E-state index in [1.807, 2.05) is 39.0 Å². The van der Waals surface area contributed by atoms with Gasteiger partial charge in [0.15, 0.2) is 6.61 Å². The van der Waals surface area contributed by atoms with Crippen LogP contribution in [0.3, 0.4) is 0 Å². The fraction of sp³-hybridized carbons (Fsp3) is 0.500. The van der Waals surface area contributed by atoms with Crippen molar-refractivity contribution in [1.82, 2.24) is 10.6 Å². The molecule has 0 aliphatic rings. The van der Waals surface area contributed by atoms with Crippen molar-refractivity contribution in [2.45, 2.75) is 40.2 Å². The Bertz CT molecular complexity index is 500. The number of benzene rings is 1. The van der Waals surface area contributed by atoms with Crippen molar-refractivity contribution >= 4 is 11.8 Å². The molecule has 2 N–H and O–H groups in total. The van der Waals surface area contributed by atoms with Gasteiger partial charge in [0.2, 0.25) is 5.91 Å². The second-order valence-electron chi connectivity index (χ2n) is 5.11. The maximum absolute atomic E-state index is 11.7. The highest BCUT2D eigenvalue weighted by atomic mass is 16.5. The monoisotopic (exact) mass is 292 g/mol. The second-order valence-corrected chi connectivity index (χ2v) is 5.11. The Hall–Kier alpha value is -2.04. The lowest BCUT2D eigenvalue weighted by atomic mass is 10.1. The number of ether oxygens (including phenoxy) is 1. The third-order valence-electron chi connectivity index (χ3n) is 3.17. The third-order valence-corrected chi connectivity index (χ3v) is 3.17. The molecule has 1 atom stereocenters. The zero-order valence-corrected chi connectivity index (χ0v) is 13.2. The van der Waals surface area contributed by atoms with Crippen molar-refractivity contribution in [3.8, 4) is 5.75 Å². The first-order valence-electron chi connectivity index (χ1n) is 7.21. The Labute approximate surface area is 126 Å². The van der Waals surface area contributed by atoms with E-state index >= 15 is 0 Å². The van der Waals surface area contributed by atoms with Crippen LogP contribution in [0.25, 0.3) is 0 Å². The summed E-state index contributed by atoms with van der Waals surface area (Å²) in [5.74, 6) is 0.153. The van der Waals surface area contributed by atoms with Crippen LogP contribution in [0.5, 0.6) is 5.75 Å². The smallest absolute Gasteiger partial charge is 0.258 e. The first kappa shape index (κ1) is 17.0. The molecule has 0 aliphatic carbocycles. The first-order valence-corrected chi connectivity index (χ1v) is 7.21. The molecule has 5 heteroatoms. The molecule has 0 bridgehead atoms. The Kier molecular flexibility index (Phi) is 6.72. The molecule has 5 nitrogen and oxygen atoms in total. The molecule has 0 saturated heterocycles. The summed E-state index contributed by atoms with van der Waals surface area (Å²) in [4.78, 5) is 23.4. The lowest BCUT2D eigenvalue weighted by Gasteiger charge is -2.14. The van der Waals surface area contributed by atoms with Gasteiger partial charge in [-0.3, -0.25) is 9.59 Å². The molecule has 0 heterocycles. The van der Waals surface area contributed by atoms with Crippen LogP contribution in [0.4, 0.5) is 0 Å². The van der Waals surface area contributed by atoms with Gasteiger partial charge in [-0.25, -0.2) is 0 Å². The molecule has 0 radical (unpaired) electrons. The molecule has 116 valence electrons. The number of carbonyl (C=O) groups excluding carboxylic acids is 2. The van der Waals surface area contributed by atoms with E-state index in [9.17, 15) is 9.59 Å². The normalized spacial score (nSPS) is 11.6. The van der Waals surface area contributed by atoms with Crippen LogP contribution < -0.4 is 15.4 Å². The summed E-state index contributed by atoms with van der Waals surface area (Å²) in [5, 5.41) is 5.34. The Balaban J connectivity index is 2.39. The Morgan fingerprint density at radius 3 is 2.57 bits per heavy atom. The van der Waals surface area contributed by atoms with E-state index in [1.165, 1.54) is 5.56 Å². The number of rotatable bonds is 7. The predicted molar refractivity (Wildman–Crippen MR) is 82.3 cm³/mol. The van der Waals surface area contributed by atoms with Crippen LogP contribution >= 0.6 is 0 Å². The minimum absolute atomic E-state index is 0.103. The van der Waals surface area contributed by atoms with Gasteiger partial charge in [-0.1, -0.05) is 13.0 Å². The SMILES string of the molecule is CCCNC(=O)[C@H](C)NC(=O)COc1ccc(C)c(C)c1. The highest BCUT2D eigenvalue weighted by molar-refractivity contribution is 5.87. The van der Waals surface area contributed by atoms with Gasteiger partial charge in [-0.05, 0) is 50.5 Å². The van der Waals surface area contributed by atoms with E-state index in [2.05, 4.69) is 10.6 Å². The van der Waals surface area contributed by atoms with E-state index in [-0.39, 0.29) is 18.4 Å². The maximum Gasteiger partial charge on any atom is 0.258 e. The van der Waals surface area contributed by atoms with Crippen molar-refractivity contribution in [3.63, 3.8) is 0 Å². The predicted octanol–water partition coefficient (Wildman–Crippen LogP) is 1.71. The van der Waals surface area contributed by atoms with Crippen LogP contribution in [-0.2, 0) is 9.59 Å². The lowest BCUT2D eigenvalue weighted by molar-refractivity contribution is -0.129. The molecule has 0 aliphatic heterocycles. The summed E-state index contributed by atoms with van der Waals surface area (Å²) in [6.07, 6.45) is 0.863. The Morgan fingerprint density at radius 2 is 1.95 bits per heavy atom. The molecule has 1 aromatic rings. The van der Waals surface area contributed by atoms with Crippen LogP contribution in [-0.4, -0.2) is 31.0 Å². The molecular formula is C16H24N2O3. The van der Waals surface area contributed by atoms with Crippen molar-refractivity contribution in [2.24, 2.45) is 0 Å².